The highest BCUT2D eigenvalue weighted by atomic mass is 79.9. The molecule has 0 radical (unpaired) electrons. The highest BCUT2D eigenvalue weighted by molar-refractivity contribution is 9.11. The fraction of sp³-hybridized carbons (Fsp3) is 0.0588. The first-order chi connectivity index (χ1) is 11.5. The summed E-state index contributed by atoms with van der Waals surface area (Å²) < 4.78 is 1.32. The number of fused-ring (bicyclic) bond motifs is 1. The standard InChI is InChI=1S/C17H12Br2N2O3/c18-10-6-11-14(12(19)7-10)21-17(24)13(15(11)22)16(23)20-8-9-4-2-1-3-5-9/h1-7H,8H2,(H,20,23)(H2,21,22,24). The van der Waals surface area contributed by atoms with Gasteiger partial charge in [0.2, 0.25) is 0 Å². The van der Waals surface area contributed by atoms with Crippen LogP contribution in [-0.2, 0) is 6.54 Å². The van der Waals surface area contributed by atoms with Crippen LogP contribution in [0, 0.1) is 0 Å². The number of hydrogen-bond acceptors (Lipinski definition) is 3. The van der Waals surface area contributed by atoms with Gasteiger partial charge in [-0.2, -0.15) is 0 Å². The van der Waals surface area contributed by atoms with Crippen molar-refractivity contribution in [1.29, 1.82) is 0 Å². The summed E-state index contributed by atoms with van der Waals surface area (Å²) in [6, 6.07) is 12.7. The molecule has 7 heteroatoms. The zero-order valence-corrected chi connectivity index (χ0v) is 15.4. The van der Waals surface area contributed by atoms with Gasteiger partial charge in [-0.3, -0.25) is 9.59 Å². The summed E-state index contributed by atoms with van der Waals surface area (Å²) in [4.78, 5) is 27.2. The van der Waals surface area contributed by atoms with Gasteiger partial charge in [-0.05, 0) is 33.6 Å². The van der Waals surface area contributed by atoms with Gasteiger partial charge in [0.25, 0.3) is 11.5 Å². The van der Waals surface area contributed by atoms with E-state index in [9.17, 15) is 14.7 Å². The predicted molar refractivity (Wildman–Crippen MR) is 99.2 cm³/mol. The van der Waals surface area contributed by atoms with E-state index < -0.39 is 11.5 Å². The Hall–Kier alpha value is -2.12. The van der Waals surface area contributed by atoms with Crippen LogP contribution in [0.25, 0.3) is 10.9 Å². The quantitative estimate of drug-likeness (QED) is 0.567. The molecule has 1 amide bonds. The van der Waals surface area contributed by atoms with Gasteiger partial charge in [0.1, 0.15) is 11.3 Å². The summed E-state index contributed by atoms with van der Waals surface area (Å²) in [6.45, 7) is 0.263. The van der Waals surface area contributed by atoms with E-state index >= 15 is 0 Å². The van der Waals surface area contributed by atoms with Crippen molar-refractivity contribution in [2.75, 3.05) is 0 Å². The van der Waals surface area contributed by atoms with Crippen molar-refractivity contribution in [2.45, 2.75) is 6.54 Å². The molecule has 0 saturated heterocycles. The number of amides is 1. The van der Waals surface area contributed by atoms with Gasteiger partial charge in [-0.1, -0.05) is 46.3 Å². The summed E-state index contributed by atoms with van der Waals surface area (Å²) in [5, 5.41) is 13.4. The van der Waals surface area contributed by atoms with Gasteiger partial charge < -0.3 is 15.4 Å². The fourth-order valence-electron chi connectivity index (χ4n) is 2.38. The first kappa shape index (κ1) is 16.7. The Morgan fingerprint density at radius 3 is 2.58 bits per heavy atom. The summed E-state index contributed by atoms with van der Waals surface area (Å²) in [5.41, 5.74) is 0.380. The molecule has 0 atom stereocenters. The molecule has 5 nitrogen and oxygen atoms in total. The second kappa shape index (κ2) is 6.78. The topological polar surface area (TPSA) is 82.2 Å². The molecule has 1 heterocycles. The number of carbonyl (C=O) groups is 1. The summed E-state index contributed by atoms with van der Waals surface area (Å²) in [7, 11) is 0. The van der Waals surface area contributed by atoms with Crippen LogP contribution in [0.1, 0.15) is 15.9 Å². The normalized spacial score (nSPS) is 10.8. The van der Waals surface area contributed by atoms with E-state index in [1.165, 1.54) is 0 Å². The maximum absolute atomic E-state index is 12.4. The van der Waals surface area contributed by atoms with Crippen molar-refractivity contribution in [3.05, 3.63) is 72.9 Å². The first-order valence-electron chi connectivity index (χ1n) is 7.03. The summed E-state index contributed by atoms with van der Waals surface area (Å²) in [5.74, 6) is -0.975. The molecule has 0 spiro atoms. The highest BCUT2D eigenvalue weighted by Gasteiger charge is 2.20. The molecule has 1 aromatic heterocycles. The van der Waals surface area contributed by atoms with Crippen molar-refractivity contribution in [2.24, 2.45) is 0 Å². The predicted octanol–water partition coefficient (Wildman–Crippen LogP) is 3.69. The van der Waals surface area contributed by atoms with Crippen LogP contribution >= 0.6 is 31.9 Å². The molecule has 0 aliphatic heterocycles. The number of aromatic hydroxyl groups is 1. The third-order valence-corrected chi connectivity index (χ3v) is 4.62. The van der Waals surface area contributed by atoms with Crippen molar-refractivity contribution in [3.63, 3.8) is 0 Å². The average molecular weight is 452 g/mol. The molecular weight excluding hydrogens is 440 g/mol. The molecule has 2 aromatic carbocycles. The summed E-state index contributed by atoms with van der Waals surface area (Å²) >= 11 is 6.65. The van der Waals surface area contributed by atoms with Crippen LogP contribution < -0.4 is 10.9 Å². The first-order valence-corrected chi connectivity index (χ1v) is 8.62. The second-order valence-corrected chi connectivity index (χ2v) is 6.93. The van der Waals surface area contributed by atoms with Crippen molar-refractivity contribution in [3.8, 4) is 5.75 Å². The minimum Gasteiger partial charge on any atom is -0.506 e. The second-order valence-electron chi connectivity index (χ2n) is 5.16. The highest BCUT2D eigenvalue weighted by Crippen LogP contribution is 2.32. The van der Waals surface area contributed by atoms with E-state index in [-0.39, 0.29) is 17.9 Å². The molecular formula is C17H12Br2N2O3. The van der Waals surface area contributed by atoms with Crippen LogP contribution in [-0.4, -0.2) is 16.0 Å². The Balaban J connectivity index is 2.00. The van der Waals surface area contributed by atoms with E-state index in [1.807, 2.05) is 30.3 Å². The zero-order chi connectivity index (χ0) is 17.3. The van der Waals surface area contributed by atoms with Crippen molar-refractivity contribution >= 4 is 48.7 Å². The third kappa shape index (κ3) is 3.22. The third-order valence-electron chi connectivity index (χ3n) is 3.54. The largest absolute Gasteiger partial charge is 0.506 e. The molecule has 0 bridgehead atoms. The number of halogens is 2. The SMILES string of the molecule is O=C(NCc1ccccc1)c1c(O)c2cc(Br)cc(Br)c2[nH]c1=O. The molecule has 0 saturated carbocycles. The minimum absolute atomic E-state index is 0.263. The molecule has 0 fully saturated rings. The lowest BCUT2D eigenvalue weighted by molar-refractivity contribution is 0.0947. The van der Waals surface area contributed by atoms with Gasteiger partial charge in [-0.25, -0.2) is 0 Å². The van der Waals surface area contributed by atoms with Crippen LogP contribution in [0.15, 0.2) is 56.2 Å². The van der Waals surface area contributed by atoms with Crippen molar-refractivity contribution in [1.82, 2.24) is 10.3 Å². The van der Waals surface area contributed by atoms with Gasteiger partial charge in [0, 0.05) is 20.9 Å². The van der Waals surface area contributed by atoms with Crippen LogP contribution in [0.3, 0.4) is 0 Å². The van der Waals surface area contributed by atoms with Gasteiger partial charge in [-0.15, -0.1) is 0 Å². The maximum atomic E-state index is 12.4. The van der Waals surface area contributed by atoms with E-state index in [0.717, 1.165) is 5.56 Å². The van der Waals surface area contributed by atoms with Gasteiger partial charge in [0.05, 0.1) is 5.52 Å². The van der Waals surface area contributed by atoms with Gasteiger partial charge in [0.15, 0.2) is 0 Å². The molecule has 3 rings (SSSR count). The lowest BCUT2D eigenvalue weighted by atomic mass is 10.1. The van der Waals surface area contributed by atoms with Gasteiger partial charge >= 0.3 is 0 Å². The lowest BCUT2D eigenvalue weighted by Crippen LogP contribution is -2.29. The fourth-order valence-corrected chi connectivity index (χ4v) is 3.71. The Kier molecular flexibility index (Phi) is 4.73. The number of nitrogens with one attached hydrogen (secondary N) is 2. The maximum Gasteiger partial charge on any atom is 0.265 e. The Morgan fingerprint density at radius 2 is 1.88 bits per heavy atom. The number of benzene rings is 2. The number of aromatic amines is 1. The van der Waals surface area contributed by atoms with E-state index in [4.69, 9.17) is 0 Å². The number of pyridine rings is 1. The van der Waals surface area contributed by atoms with E-state index in [2.05, 4.69) is 42.2 Å². The smallest absolute Gasteiger partial charge is 0.265 e. The number of aromatic nitrogens is 1. The molecule has 24 heavy (non-hydrogen) atoms. The van der Waals surface area contributed by atoms with Crippen molar-refractivity contribution < 1.29 is 9.90 Å². The average Bonchev–Trinajstić information content (AvgIpc) is 2.55. The molecule has 0 aliphatic carbocycles. The Bertz CT molecular complexity index is 985. The van der Waals surface area contributed by atoms with E-state index in [0.29, 0.717) is 19.8 Å². The van der Waals surface area contributed by atoms with Crippen LogP contribution in [0.4, 0.5) is 0 Å². The lowest BCUT2D eigenvalue weighted by Gasteiger charge is -2.10. The minimum atomic E-state index is -0.645. The monoisotopic (exact) mass is 450 g/mol. The number of H-pyrrole nitrogens is 1. The Morgan fingerprint density at radius 1 is 1.17 bits per heavy atom. The number of hydrogen-bond donors (Lipinski definition) is 3. The molecule has 3 aromatic rings. The molecule has 3 N–H and O–H groups in total. The van der Waals surface area contributed by atoms with Crippen LogP contribution in [0.5, 0.6) is 5.75 Å². The van der Waals surface area contributed by atoms with E-state index in [1.54, 1.807) is 12.1 Å². The zero-order valence-electron chi connectivity index (χ0n) is 12.3. The molecule has 0 unspecified atom stereocenters. The number of carbonyl (C=O) groups excluding carboxylic acids is 1. The molecule has 122 valence electrons. The Labute approximate surface area is 154 Å². The molecule has 0 aliphatic rings. The van der Waals surface area contributed by atoms with Crippen LogP contribution in [0.2, 0.25) is 0 Å². The number of rotatable bonds is 3. The summed E-state index contributed by atoms with van der Waals surface area (Å²) in [6.07, 6.45) is 0.